The summed E-state index contributed by atoms with van der Waals surface area (Å²) in [6.07, 6.45) is 3.32. The molecule has 0 bridgehead atoms. The third-order valence-electron chi connectivity index (χ3n) is 2.71. The molecule has 0 saturated heterocycles. The van der Waals surface area contributed by atoms with E-state index in [1.807, 2.05) is 6.92 Å². The summed E-state index contributed by atoms with van der Waals surface area (Å²) in [4.78, 5) is 0. The van der Waals surface area contributed by atoms with Crippen molar-refractivity contribution in [2.45, 2.75) is 46.1 Å². The number of hydrogen-bond donors (Lipinski definition) is 2. The Bertz CT molecular complexity index is 174. The Morgan fingerprint density at radius 2 is 1.93 bits per heavy atom. The summed E-state index contributed by atoms with van der Waals surface area (Å²) < 4.78 is 0. The summed E-state index contributed by atoms with van der Waals surface area (Å²) in [7, 11) is 0. The second-order valence-corrected chi connectivity index (χ2v) is 3.55. The normalized spacial score (nSPS) is 12.4. The van der Waals surface area contributed by atoms with Crippen LogP contribution in [0.5, 0.6) is 0 Å². The van der Waals surface area contributed by atoms with E-state index >= 15 is 0 Å². The van der Waals surface area contributed by atoms with Crippen molar-refractivity contribution in [2.24, 2.45) is 11.7 Å². The zero-order chi connectivity index (χ0) is 10.8. The molecule has 0 spiro atoms. The molecule has 0 saturated carbocycles. The van der Waals surface area contributed by atoms with Crippen molar-refractivity contribution in [2.75, 3.05) is 13.1 Å². The molecule has 0 heterocycles. The molecule has 1 unspecified atom stereocenters. The van der Waals surface area contributed by atoms with Gasteiger partial charge in [0, 0.05) is 25.6 Å². The van der Waals surface area contributed by atoms with Gasteiger partial charge in [-0.25, -0.2) is 0 Å². The largest absolute Gasteiger partial charge is 0.329 e. The van der Waals surface area contributed by atoms with Crippen LogP contribution in [0.15, 0.2) is 0 Å². The maximum atomic E-state index is 5.74. The highest BCUT2D eigenvalue weighted by Gasteiger charge is 2.15. The van der Waals surface area contributed by atoms with Gasteiger partial charge in [-0.1, -0.05) is 26.7 Å². The highest BCUT2D eigenvalue weighted by molar-refractivity contribution is 4.95. The molecule has 0 aromatic carbocycles. The molecule has 0 aliphatic carbocycles. The molecule has 0 aliphatic heterocycles. The minimum Gasteiger partial charge on any atom is -0.329 e. The highest BCUT2D eigenvalue weighted by atomic mass is 14.9. The first-order chi connectivity index (χ1) is 6.79. The van der Waals surface area contributed by atoms with E-state index < -0.39 is 0 Å². The van der Waals surface area contributed by atoms with Crippen molar-refractivity contribution < 1.29 is 0 Å². The standard InChI is InChI=1S/C12H24N2/c1-4-7-8-9-14-12(10-13)11(5-2)6-3/h11-12,14H,5-6,8-10,13H2,1-3H3. The third kappa shape index (κ3) is 5.26. The van der Waals surface area contributed by atoms with Gasteiger partial charge in [-0.05, 0) is 12.8 Å². The number of nitrogens with one attached hydrogen (secondary N) is 1. The molecule has 0 amide bonds. The minimum atomic E-state index is 0.462. The van der Waals surface area contributed by atoms with Crippen molar-refractivity contribution in [3.63, 3.8) is 0 Å². The van der Waals surface area contributed by atoms with Gasteiger partial charge in [-0.2, -0.15) is 0 Å². The first kappa shape index (κ1) is 13.5. The Morgan fingerprint density at radius 3 is 2.36 bits per heavy atom. The zero-order valence-corrected chi connectivity index (χ0v) is 9.77. The van der Waals surface area contributed by atoms with E-state index in [2.05, 4.69) is 31.0 Å². The molecule has 0 aromatic heterocycles. The van der Waals surface area contributed by atoms with Crippen LogP contribution < -0.4 is 11.1 Å². The van der Waals surface area contributed by atoms with Gasteiger partial charge in [0.15, 0.2) is 0 Å². The molecule has 0 aliphatic rings. The third-order valence-corrected chi connectivity index (χ3v) is 2.71. The van der Waals surface area contributed by atoms with Crippen molar-refractivity contribution in [1.29, 1.82) is 0 Å². The topological polar surface area (TPSA) is 38.0 Å². The van der Waals surface area contributed by atoms with Gasteiger partial charge in [0.25, 0.3) is 0 Å². The van der Waals surface area contributed by atoms with E-state index in [1.165, 1.54) is 12.8 Å². The Balaban J connectivity index is 3.80. The highest BCUT2D eigenvalue weighted by Crippen LogP contribution is 2.11. The summed E-state index contributed by atoms with van der Waals surface area (Å²) >= 11 is 0. The van der Waals surface area contributed by atoms with Crippen LogP contribution in [0.25, 0.3) is 0 Å². The maximum Gasteiger partial charge on any atom is 0.0218 e. The molecule has 1 atom stereocenters. The predicted molar refractivity (Wildman–Crippen MR) is 63.0 cm³/mol. The number of hydrogen-bond acceptors (Lipinski definition) is 2. The minimum absolute atomic E-state index is 0.462. The Labute approximate surface area is 88.6 Å². The summed E-state index contributed by atoms with van der Waals surface area (Å²) in [6.45, 7) is 8.02. The quantitative estimate of drug-likeness (QED) is 0.481. The van der Waals surface area contributed by atoms with Gasteiger partial charge in [-0.3, -0.25) is 0 Å². The summed E-state index contributed by atoms with van der Waals surface area (Å²) in [5.41, 5.74) is 5.74. The molecule has 0 fully saturated rings. The first-order valence-corrected chi connectivity index (χ1v) is 5.63. The monoisotopic (exact) mass is 196 g/mol. The SMILES string of the molecule is CC#CCCNC(CN)C(CC)CC. The van der Waals surface area contributed by atoms with Crippen LogP contribution in [0.4, 0.5) is 0 Å². The number of rotatable bonds is 7. The molecule has 0 rings (SSSR count). The van der Waals surface area contributed by atoms with Crippen molar-refractivity contribution in [3.8, 4) is 11.8 Å². The molecule has 0 radical (unpaired) electrons. The second-order valence-electron chi connectivity index (χ2n) is 3.55. The van der Waals surface area contributed by atoms with E-state index in [9.17, 15) is 0 Å². The van der Waals surface area contributed by atoms with Gasteiger partial charge in [0.2, 0.25) is 0 Å². The van der Waals surface area contributed by atoms with Gasteiger partial charge >= 0.3 is 0 Å². The van der Waals surface area contributed by atoms with Crippen molar-refractivity contribution in [3.05, 3.63) is 0 Å². The molecular formula is C12H24N2. The van der Waals surface area contributed by atoms with Crippen LogP contribution in [0.2, 0.25) is 0 Å². The van der Waals surface area contributed by atoms with E-state index in [4.69, 9.17) is 5.73 Å². The second kappa shape index (κ2) is 9.05. The Morgan fingerprint density at radius 1 is 1.29 bits per heavy atom. The smallest absolute Gasteiger partial charge is 0.0218 e. The lowest BCUT2D eigenvalue weighted by Crippen LogP contribution is -2.42. The summed E-state index contributed by atoms with van der Waals surface area (Å²) in [5.74, 6) is 6.65. The fraction of sp³-hybridized carbons (Fsp3) is 0.833. The number of nitrogens with two attached hydrogens (primary N) is 1. The summed E-state index contributed by atoms with van der Waals surface area (Å²) in [6, 6.07) is 0.462. The van der Waals surface area contributed by atoms with Crippen LogP contribution in [-0.4, -0.2) is 19.1 Å². The maximum absolute atomic E-state index is 5.74. The van der Waals surface area contributed by atoms with Gasteiger partial charge in [-0.15, -0.1) is 11.8 Å². The van der Waals surface area contributed by atoms with Crippen LogP contribution in [0.3, 0.4) is 0 Å². The molecule has 3 N–H and O–H groups in total. The first-order valence-electron chi connectivity index (χ1n) is 5.63. The molecule has 0 aromatic rings. The van der Waals surface area contributed by atoms with Crippen LogP contribution in [-0.2, 0) is 0 Å². The van der Waals surface area contributed by atoms with E-state index in [-0.39, 0.29) is 0 Å². The average Bonchev–Trinajstić information content (AvgIpc) is 2.23. The fourth-order valence-electron chi connectivity index (χ4n) is 1.75. The van der Waals surface area contributed by atoms with Crippen LogP contribution >= 0.6 is 0 Å². The van der Waals surface area contributed by atoms with Crippen molar-refractivity contribution >= 4 is 0 Å². The Hall–Kier alpha value is -0.520. The van der Waals surface area contributed by atoms with Crippen LogP contribution in [0, 0.1) is 17.8 Å². The fourth-order valence-corrected chi connectivity index (χ4v) is 1.75. The van der Waals surface area contributed by atoms with E-state index in [1.54, 1.807) is 0 Å². The predicted octanol–water partition coefficient (Wildman–Crippen LogP) is 1.75. The van der Waals surface area contributed by atoms with Crippen molar-refractivity contribution in [1.82, 2.24) is 5.32 Å². The zero-order valence-electron chi connectivity index (χ0n) is 9.77. The molecular weight excluding hydrogens is 172 g/mol. The van der Waals surface area contributed by atoms with Crippen LogP contribution in [0.1, 0.15) is 40.0 Å². The summed E-state index contributed by atoms with van der Waals surface area (Å²) in [5, 5.41) is 3.48. The molecule has 2 heteroatoms. The van der Waals surface area contributed by atoms with E-state index in [0.29, 0.717) is 12.0 Å². The molecule has 2 nitrogen and oxygen atoms in total. The lowest BCUT2D eigenvalue weighted by atomic mass is 9.94. The average molecular weight is 196 g/mol. The van der Waals surface area contributed by atoms with Gasteiger partial charge in [0.1, 0.15) is 0 Å². The van der Waals surface area contributed by atoms with Gasteiger partial charge < -0.3 is 11.1 Å². The van der Waals surface area contributed by atoms with Gasteiger partial charge in [0.05, 0.1) is 0 Å². The lowest BCUT2D eigenvalue weighted by Gasteiger charge is -2.24. The van der Waals surface area contributed by atoms with E-state index in [0.717, 1.165) is 19.5 Å². The lowest BCUT2D eigenvalue weighted by molar-refractivity contribution is 0.342. The molecule has 82 valence electrons. The Kier molecular flexibility index (Phi) is 8.72. The molecule has 14 heavy (non-hydrogen) atoms.